The Labute approximate surface area is 121 Å². The van der Waals surface area contributed by atoms with Crippen molar-refractivity contribution in [1.29, 1.82) is 0 Å². The van der Waals surface area contributed by atoms with Crippen LogP contribution in [0.25, 0.3) is 10.4 Å². The first kappa shape index (κ1) is 13.1. The molecule has 0 amide bonds. The number of hydrazone groups is 1. The van der Waals surface area contributed by atoms with Crippen molar-refractivity contribution in [2.75, 3.05) is 6.54 Å². The fourth-order valence-corrected chi connectivity index (χ4v) is 3.29. The molecular weight excluding hydrogens is 275 g/mol. The monoisotopic (exact) mass is 290 g/mol. The van der Waals surface area contributed by atoms with Crippen molar-refractivity contribution >= 4 is 17.0 Å². The first-order chi connectivity index (χ1) is 9.69. The third kappa shape index (κ3) is 2.29. The summed E-state index contributed by atoms with van der Waals surface area (Å²) >= 11 is 1.63. The molecule has 1 aromatic heterocycles. The predicted octanol–water partition coefficient (Wildman–Crippen LogP) is 3.78. The molecule has 0 aliphatic carbocycles. The lowest BCUT2D eigenvalue weighted by molar-refractivity contribution is 0.302. The van der Waals surface area contributed by atoms with E-state index in [1.165, 1.54) is 12.1 Å². The van der Waals surface area contributed by atoms with Crippen LogP contribution in [0.2, 0.25) is 0 Å². The molecule has 3 nitrogen and oxygen atoms in total. The Kier molecular flexibility index (Phi) is 3.44. The number of ether oxygens (including phenoxy) is 1. The summed E-state index contributed by atoms with van der Waals surface area (Å²) < 4.78 is 19.1. The largest absolute Gasteiger partial charge is 0.488 e. The van der Waals surface area contributed by atoms with E-state index in [1.807, 2.05) is 13.8 Å². The fraction of sp³-hybridized carbons (Fsp3) is 0.267. The van der Waals surface area contributed by atoms with Gasteiger partial charge in [-0.2, -0.15) is 5.10 Å². The lowest BCUT2D eigenvalue weighted by Gasteiger charge is -2.17. The standard InChI is InChI=1S/C15H15FN2OS/c1-3-17-18-9(2)14-6-10-8-19-13-5-4-11(16)7-12(13)15(10)20-14/h4-7,17H,3,8H2,1-2H3/b18-9+. The van der Waals surface area contributed by atoms with E-state index in [2.05, 4.69) is 16.6 Å². The molecule has 20 heavy (non-hydrogen) atoms. The van der Waals surface area contributed by atoms with Gasteiger partial charge in [0.15, 0.2) is 0 Å². The highest BCUT2D eigenvalue weighted by Crippen LogP contribution is 2.42. The normalized spacial score (nSPS) is 13.4. The third-order valence-corrected chi connectivity index (χ3v) is 4.46. The molecule has 0 saturated heterocycles. The zero-order valence-corrected chi connectivity index (χ0v) is 12.2. The molecule has 1 aliphatic heterocycles. The van der Waals surface area contributed by atoms with E-state index >= 15 is 0 Å². The van der Waals surface area contributed by atoms with Crippen LogP contribution in [0.1, 0.15) is 24.3 Å². The number of benzene rings is 1. The molecule has 1 N–H and O–H groups in total. The minimum Gasteiger partial charge on any atom is -0.488 e. The van der Waals surface area contributed by atoms with Crippen LogP contribution in [0.5, 0.6) is 5.75 Å². The summed E-state index contributed by atoms with van der Waals surface area (Å²) in [5.41, 5.74) is 5.82. The molecule has 0 atom stereocenters. The van der Waals surface area contributed by atoms with E-state index < -0.39 is 0 Å². The molecule has 2 aromatic rings. The molecule has 1 aromatic carbocycles. The number of fused-ring (bicyclic) bond motifs is 3. The highest BCUT2D eigenvalue weighted by atomic mass is 32.1. The Balaban J connectivity index is 2.03. The topological polar surface area (TPSA) is 33.6 Å². The van der Waals surface area contributed by atoms with Crippen LogP contribution >= 0.6 is 11.3 Å². The van der Waals surface area contributed by atoms with Gasteiger partial charge in [0.1, 0.15) is 18.2 Å². The van der Waals surface area contributed by atoms with Crippen LogP contribution in [0.4, 0.5) is 4.39 Å². The van der Waals surface area contributed by atoms with Gasteiger partial charge >= 0.3 is 0 Å². The highest BCUT2D eigenvalue weighted by molar-refractivity contribution is 7.17. The molecule has 1 aliphatic rings. The number of halogens is 1. The maximum Gasteiger partial charge on any atom is 0.128 e. The van der Waals surface area contributed by atoms with Gasteiger partial charge in [-0.25, -0.2) is 4.39 Å². The summed E-state index contributed by atoms with van der Waals surface area (Å²) in [4.78, 5) is 2.16. The van der Waals surface area contributed by atoms with Gasteiger partial charge in [0.25, 0.3) is 0 Å². The third-order valence-electron chi connectivity index (χ3n) is 3.14. The highest BCUT2D eigenvalue weighted by Gasteiger charge is 2.21. The molecule has 104 valence electrons. The Hall–Kier alpha value is -1.88. The van der Waals surface area contributed by atoms with Crippen molar-refractivity contribution in [2.24, 2.45) is 5.10 Å². The predicted molar refractivity (Wildman–Crippen MR) is 79.9 cm³/mol. The van der Waals surface area contributed by atoms with Crippen LogP contribution in [-0.4, -0.2) is 12.3 Å². The van der Waals surface area contributed by atoms with Gasteiger partial charge in [-0.05, 0) is 38.1 Å². The molecular formula is C15H15FN2OS. The van der Waals surface area contributed by atoms with Crippen molar-refractivity contribution in [3.05, 3.63) is 40.5 Å². The van der Waals surface area contributed by atoms with Crippen LogP contribution in [0.15, 0.2) is 29.4 Å². The molecule has 0 bridgehead atoms. The van der Waals surface area contributed by atoms with Crippen LogP contribution in [0.3, 0.4) is 0 Å². The van der Waals surface area contributed by atoms with Gasteiger partial charge in [0, 0.05) is 22.5 Å². The zero-order valence-electron chi connectivity index (χ0n) is 11.4. The summed E-state index contributed by atoms with van der Waals surface area (Å²) in [6, 6.07) is 6.72. The van der Waals surface area contributed by atoms with E-state index in [0.717, 1.165) is 38.9 Å². The van der Waals surface area contributed by atoms with Crippen molar-refractivity contribution in [3.63, 3.8) is 0 Å². The second-order valence-corrected chi connectivity index (χ2v) is 5.66. The zero-order chi connectivity index (χ0) is 14.1. The molecule has 0 saturated carbocycles. The van der Waals surface area contributed by atoms with E-state index in [1.54, 1.807) is 17.4 Å². The van der Waals surface area contributed by atoms with Gasteiger partial charge in [-0.15, -0.1) is 11.3 Å². The lowest BCUT2D eigenvalue weighted by Crippen LogP contribution is -2.07. The van der Waals surface area contributed by atoms with Gasteiger partial charge in [-0.3, -0.25) is 0 Å². The van der Waals surface area contributed by atoms with E-state index in [0.29, 0.717) is 6.61 Å². The van der Waals surface area contributed by atoms with Crippen molar-refractivity contribution in [2.45, 2.75) is 20.5 Å². The first-order valence-electron chi connectivity index (χ1n) is 6.52. The quantitative estimate of drug-likeness (QED) is 0.689. The number of hydrogen-bond donors (Lipinski definition) is 1. The number of rotatable bonds is 3. The number of nitrogens with zero attached hydrogens (tertiary/aromatic N) is 1. The molecule has 0 radical (unpaired) electrons. The van der Waals surface area contributed by atoms with Crippen molar-refractivity contribution in [1.82, 2.24) is 5.43 Å². The van der Waals surface area contributed by atoms with Crippen LogP contribution in [0, 0.1) is 5.82 Å². The minimum absolute atomic E-state index is 0.242. The molecule has 2 heterocycles. The maximum absolute atomic E-state index is 13.4. The average molecular weight is 290 g/mol. The van der Waals surface area contributed by atoms with Gasteiger partial charge < -0.3 is 10.2 Å². The van der Waals surface area contributed by atoms with Gasteiger partial charge in [0.2, 0.25) is 0 Å². The Morgan fingerprint density at radius 3 is 3.10 bits per heavy atom. The Bertz CT molecular complexity index is 679. The molecule has 0 fully saturated rings. The molecule has 5 heteroatoms. The summed E-state index contributed by atoms with van der Waals surface area (Å²) in [7, 11) is 0. The molecule has 0 unspecified atom stereocenters. The smallest absolute Gasteiger partial charge is 0.128 e. The second-order valence-electron chi connectivity index (χ2n) is 4.60. The Morgan fingerprint density at radius 1 is 1.45 bits per heavy atom. The number of thiophene rings is 1. The van der Waals surface area contributed by atoms with E-state index in [-0.39, 0.29) is 5.82 Å². The van der Waals surface area contributed by atoms with E-state index in [9.17, 15) is 4.39 Å². The molecule has 0 spiro atoms. The molecule has 3 rings (SSSR count). The fourth-order valence-electron chi connectivity index (χ4n) is 2.16. The van der Waals surface area contributed by atoms with E-state index in [4.69, 9.17) is 4.74 Å². The van der Waals surface area contributed by atoms with Gasteiger partial charge in [0.05, 0.1) is 10.6 Å². The summed E-state index contributed by atoms with van der Waals surface area (Å²) in [6.45, 7) is 5.29. The van der Waals surface area contributed by atoms with Crippen LogP contribution < -0.4 is 10.2 Å². The average Bonchev–Trinajstić information content (AvgIpc) is 2.89. The van der Waals surface area contributed by atoms with Crippen molar-refractivity contribution in [3.8, 4) is 16.2 Å². The summed E-state index contributed by atoms with van der Waals surface area (Å²) in [5.74, 6) is 0.502. The minimum atomic E-state index is -0.242. The Morgan fingerprint density at radius 2 is 2.30 bits per heavy atom. The lowest BCUT2D eigenvalue weighted by atomic mass is 10.1. The first-order valence-corrected chi connectivity index (χ1v) is 7.33. The number of nitrogens with one attached hydrogen (secondary N) is 1. The second kappa shape index (κ2) is 5.25. The number of hydrogen-bond acceptors (Lipinski definition) is 4. The maximum atomic E-state index is 13.4. The van der Waals surface area contributed by atoms with Gasteiger partial charge in [-0.1, -0.05) is 0 Å². The van der Waals surface area contributed by atoms with Crippen LogP contribution in [-0.2, 0) is 6.61 Å². The SMILES string of the molecule is CCN/N=C(\C)c1cc2c(s1)-c1cc(F)ccc1OC2. The summed E-state index contributed by atoms with van der Waals surface area (Å²) in [5, 5.41) is 4.29. The summed E-state index contributed by atoms with van der Waals surface area (Å²) in [6.07, 6.45) is 0. The van der Waals surface area contributed by atoms with Crippen molar-refractivity contribution < 1.29 is 9.13 Å².